The van der Waals surface area contributed by atoms with Crippen molar-refractivity contribution in [1.82, 2.24) is 4.72 Å². The van der Waals surface area contributed by atoms with E-state index in [9.17, 15) is 23.3 Å². The fourth-order valence-corrected chi connectivity index (χ4v) is 3.79. The summed E-state index contributed by atoms with van der Waals surface area (Å²) < 4.78 is 26.7. The average Bonchev–Trinajstić information content (AvgIpc) is 2.59. The summed E-state index contributed by atoms with van der Waals surface area (Å²) in [5.41, 5.74) is 0.918. The first-order chi connectivity index (χ1) is 12.2. The summed E-state index contributed by atoms with van der Waals surface area (Å²) >= 11 is 6.06. The predicted octanol–water partition coefficient (Wildman–Crippen LogP) is 3.06. The highest BCUT2D eigenvalue weighted by molar-refractivity contribution is 7.89. The number of hydrogen-bond donors (Lipinski definition) is 2. The number of nitrogens with zero attached hydrogens (tertiary/aromatic N) is 1. The second kappa shape index (κ2) is 7.81. The minimum atomic E-state index is -4.00. The molecule has 8 nitrogen and oxygen atoms in total. The van der Waals surface area contributed by atoms with E-state index in [0.717, 1.165) is 0 Å². The Morgan fingerprint density at radius 3 is 2.35 bits per heavy atom. The molecule has 0 heterocycles. The van der Waals surface area contributed by atoms with Gasteiger partial charge >= 0.3 is 5.97 Å². The molecule has 0 radical (unpaired) electrons. The van der Waals surface area contributed by atoms with Crippen LogP contribution in [-0.2, 0) is 14.8 Å². The number of carbonyl (C=O) groups is 1. The third-order valence-electron chi connectivity index (χ3n) is 3.64. The smallest absolute Gasteiger partial charge is 0.321 e. The highest BCUT2D eigenvalue weighted by Gasteiger charge is 2.23. The molecule has 0 aliphatic heterocycles. The van der Waals surface area contributed by atoms with E-state index in [0.29, 0.717) is 11.1 Å². The summed E-state index contributed by atoms with van der Waals surface area (Å²) in [6.07, 6.45) is 0.102. The van der Waals surface area contributed by atoms with E-state index in [1.54, 1.807) is 6.92 Å². The Bertz CT molecular complexity index is 944. The third-order valence-corrected chi connectivity index (χ3v) is 5.44. The van der Waals surface area contributed by atoms with Crippen LogP contribution in [0.3, 0.4) is 0 Å². The van der Waals surface area contributed by atoms with Gasteiger partial charge in [-0.1, -0.05) is 30.7 Å². The number of non-ortho nitro benzene ring substituents is 1. The molecule has 138 valence electrons. The van der Waals surface area contributed by atoms with Gasteiger partial charge in [0.15, 0.2) is 0 Å². The molecule has 0 spiro atoms. The molecule has 26 heavy (non-hydrogen) atoms. The Morgan fingerprint density at radius 2 is 1.88 bits per heavy atom. The fraction of sp³-hybridized carbons (Fsp3) is 0.188. The number of carboxylic acids is 1. The van der Waals surface area contributed by atoms with Gasteiger partial charge in [-0.3, -0.25) is 14.9 Å². The van der Waals surface area contributed by atoms with Gasteiger partial charge in [0.05, 0.1) is 14.8 Å². The lowest BCUT2D eigenvalue weighted by molar-refractivity contribution is -0.384. The number of nitro benzene ring substituents is 1. The van der Waals surface area contributed by atoms with Crippen LogP contribution in [0.15, 0.2) is 47.4 Å². The second-order valence-electron chi connectivity index (χ2n) is 5.37. The molecule has 0 amide bonds. The van der Waals surface area contributed by atoms with E-state index in [1.807, 2.05) is 0 Å². The number of aliphatic carboxylic acids is 1. The maximum absolute atomic E-state index is 12.3. The van der Waals surface area contributed by atoms with Crippen molar-refractivity contribution >= 4 is 33.3 Å². The van der Waals surface area contributed by atoms with Crippen molar-refractivity contribution < 1.29 is 23.2 Å². The quantitative estimate of drug-likeness (QED) is 0.545. The van der Waals surface area contributed by atoms with Crippen LogP contribution in [0, 0.1) is 10.1 Å². The van der Waals surface area contributed by atoms with Crippen molar-refractivity contribution in [3.8, 4) is 11.1 Å². The van der Waals surface area contributed by atoms with E-state index < -0.39 is 27.0 Å². The second-order valence-corrected chi connectivity index (χ2v) is 7.49. The zero-order valence-corrected chi connectivity index (χ0v) is 15.1. The molecule has 1 atom stereocenters. The van der Waals surface area contributed by atoms with Gasteiger partial charge in [-0.15, -0.1) is 0 Å². The largest absolute Gasteiger partial charge is 0.480 e. The molecule has 0 saturated heterocycles. The highest BCUT2D eigenvalue weighted by Crippen LogP contribution is 2.31. The molecule has 0 aliphatic carbocycles. The molecule has 2 aromatic carbocycles. The summed E-state index contributed by atoms with van der Waals surface area (Å²) in [5.74, 6) is -1.26. The molecule has 2 rings (SSSR count). The molecule has 0 fully saturated rings. The van der Waals surface area contributed by atoms with E-state index in [2.05, 4.69) is 4.72 Å². The van der Waals surface area contributed by atoms with Crippen molar-refractivity contribution in [2.45, 2.75) is 24.3 Å². The summed E-state index contributed by atoms with van der Waals surface area (Å²) in [5, 5.41) is 19.9. The van der Waals surface area contributed by atoms with Crippen LogP contribution in [0.4, 0.5) is 5.69 Å². The van der Waals surface area contributed by atoms with Gasteiger partial charge < -0.3 is 5.11 Å². The van der Waals surface area contributed by atoms with Crippen LogP contribution < -0.4 is 4.72 Å². The molecule has 2 aromatic rings. The first-order valence-electron chi connectivity index (χ1n) is 7.45. The zero-order chi connectivity index (χ0) is 19.5. The fourth-order valence-electron chi connectivity index (χ4n) is 2.23. The van der Waals surface area contributed by atoms with Crippen LogP contribution in [0.1, 0.15) is 13.3 Å². The maximum Gasteiger partial charge on any atom is 0.321 e. The van der Waals surface area contributed by atoms with Gasteiger partial charge in [0.25, 0.3) is 5.69 Å². The van der Waals surface area contributed by atoms with E-state index in [1.165, 1.54) is 42.5 Å². The summed E-state index contributed by atoms with van der Waals surface area (Å²) in [6, 6.07) is 8.36. The third kappa shape index (κ3) is 4.37. The molecule has 0 aromatic heterocycles. The Hall–Kier alpha value is -2.49. The van der Waals surface area contributed by atoms with Gasteiger partial charge in [-0.2, -0.15) is 4.72 Å². The van der Waals surface area contributed by atoms with Gasteiger partial charge in [-0.25, -0.2) is 8.42 Å². The van der Waals surface area contributed by atoms with Gasteiger partial charge in [-0.05, 0) is 30.2 Å². The highest BCUT2D eigenvalue weighted by atomic mass is 35.5. The van der Waals surface area contributed by atoms with Crippen molar-refractivity contribution in [2.24, 2.45) is 0 Å². The SMILES string of the molecule is CCC(NS(=O)(=O)c1ccc(-c2ccc([N+](=O)[O-])cc2Cl)cc1)C(=O)O. The summed E-state index contributed by atoms with van der Waals surface area (Å²) in [6.45, 7) is 1.56. The lowest BCUT2D eigenvalue weighted by Crippen LogP contribution is -2.40. The van der Waals surface area contributed by atoms with Crippen molar-refractivity contribution in [3.63, 3.8) is 0 Å². The van der Waals surface area contributed by atoms with Crippen molar-refractivity contribution in [1.29, 1.82) is 0 Å². The number of benzene rings is 2. The van der Waals surface area contributed by atoms with E-state index in [-0.39, 0.29) is 22.0 Å². The molecule has 1 unspecified atom stereocenters. The molecule has 2 N–H and O–H groups in total. The first-order valence-corrected chi connectivity index (χ1v) is 9.31. The van der Waals surface area contributed by atoms with Crippen LogP contribution in [0.5, 0.6) is 0 Å². The Kier molecular flexibility index (Phi) is 5.96. The van der Waals surface area contributed by atoms with Crippen LogP contribution in [-0.4, -0.2) is 30.5 Å². The van der Waals surface area contributed by atoms with Gasteiger partial charge in [0.1, 0.15) is 6.04 Å². The van der Waals surface area contributed by atoms with Crippen molar-refractivity contribution in [2.75, 3.05) is 0 Å². The molecule has 10 heteroatoms. The number of sulfonamides is 1. The Balaban J connectivity index is 2.31. The number of nitrogens with one attached hydrogen (secondary N) is 1. The van der Waals surface area contributed by atoms with Gasteiger partial charge in [0, 0.05) is 17.7 Å². The lowest BCUT2D eigenvalue weighted by atomic mass is 10.1. The number of halogens is 1. The minimum Gasteiger partial charge on any atom is -0.480 e. The predicted molar refractivity (Wildman–Crippen MR) is 95.6 cm³/mol. The molecule has 0 aliphatic rings. The van der Waals surface area contributed by atoms with E-state index in [4.69, 9.17) is 16.7 Å². The monoisotopic (exact) mass is 398 g/mol. The van der Waals surface area contributed by atoms with Crippen LogP contribution in [0.25, 0.3) is 11.1 Å². The van der Waals surface area contributed by atoms with E-state index >= 15 is 0 Å². The maximum atomic E-state index is 12.3. The molecule has 0 bridgehead atoms. The Labute approximate surface area is 154 Å². The number of carboxylic acid groups (broad SMARTS) is 1. The van der Waals surface area contributed by atoms with Crippen molar-refractivity contribution in [3.05, 3.63) is 57.6 Å². The number of rotatable bonds is 7. The molecule has 0 saturated carbocycles. The molecular formula is C16H15ClN2O6S. The number of nitro groups is 1. The first kappa shape index (κ1) is 19.8. The van der Waals surface area contributed by atoms with Crippen LogP contribution >= 0.6 is 11.6 Å². The minimum absolute atomic E-state index is 0.0982. The molecular weight excluding hydrogens is 384 g/mol. The Morgan fingerprint density at radius 1 is 1.27 bits per heavy atom. The summed E-state index contributed by atoms with van der Waals surface area (Å²) in [4.78, 5) is 21.1. The van der Waals surface area contributed by atoms with Crippen LogP contribution in [0.2, 0.25) is 5.02 Å². The van der Waals surface area contributed by atoms with Gasteiger partial charge in [0.2, 0.25) is 10.0 Å². The lowest BCUT2D eigenvalue weighted by Gasteiger charge is -2.13. The standard InChI is InChI=1S/C16H15ClN2O6S/c1-2-15(16(20)21)18-26(24,25)12-6-3-10(4-7-12)13-8-5-11(19(22)23)9-14(13)17/h3-9,15,18H,2H2,1H3,(H,20,21). The summed E-state index contributed by atoms with van der Waals surface area (Å²) in [7, 11) is -4.00. The zero-order valence-electron chi connectivity index (χ0n) is 13.5. The normalized spacial score (nSPS) is 12.5. The average molecular weight is 399 g/mol. The number of hydrogen-bond acceptors (Lipinski definition) is 5. The topological polar surface area (TPSA) is 127 Å².